The Bertz CT molecular complexity index is 1570. The van der Waals surface area contributed by atoms with Crippen molar-refractivity contribution in [2.24, 2.45) is 11.8 Å². The van der Waals surface area contributed by atoms with Gasteiger partial charge in [-0.15, -0.1) is 0 Å². The number of ketones is 2. The highest BCUT2D eigenvalue weighted by molar-refractivity contribution is 6.34. The van der Waals surface area contributed by atoms with E-state index in [1.54, 1.807) is 25.1 Å². The molecule has 2 amide bonds. The summed E-state index contributed by atoms with van der Waals surface area (Å²) in [6.07, 6.45) is 1.91. The van der Waals surface area contributed by atoms with Crippen molar-refractivity contribution in [1.29, 1.82) is 0 Å². The smallest absolute Gasteiger partial charge is 0.307 e. The molecular weight excluding hydrogens is 598 g/mol. The van der Waals surface area contributed by atoms with Crippen molar-refractivity contribution in [3.8, 4) is 5.75 Å². The Labute approximate surface area is 267 Å². The molecule has 0 bridgehead atoms. The number of unbranched alkanes of at least 4 members (excludes halogenated alkanes) is 1. The van der Waals surface area contributed by atoms with Crippen molar-refractivity contribution in [2.45, 2.75) is 65.0 Å². The highest BCUT2D eigenvalue weighted by atomic mass is 16.6. The van der Waals surface area contributed by atoms with Crippen molar-refractivity contribution >= 4 is 46.8 Å². The van der Waals surface area contributed by atoms with Gasteiger partial charge in [-0.2, -0.15) is 0 Å². The average molecular weight is 640 g/mol. The molecule has 1 unspecified atom stereocenters. The SMILES string of the molecule is CCCCOc1ccc(N(C)C)c2c1C(O)=C1C(=O)[C@]3(OC(C)=O)C(=O)C(C(=O)NC(C)=O)=C(OC(C)=O)C(N(C)C)[C@@H]3C[C@@H]1C2. The van der Waals surface area contributed by atoms with E-state index in [2.05, 4.69) is 0 Å². The van der Waals surface area contributed by atoms with E-state index in [0.717, 1.165) is 44.9 Å². The van der Waals surface area contributed by atoms with Crippen LogP contribution in [0.3, 0.4) is 0 Å². The third-order valence-corrected chi connectivity index (χ3v) is 8.57. The van der Waals surface area contributed by atoms with E-state index in [9.17, 15) is 33.9 Å². The first kappa shape index (κ1) is 34.4. The molecule has 46 heavy (non-hydrogen) atoms. The van der Waals surface area contributed by atoms with Crippen LogP contribution in [-0.2, 0) is 44.7 Å². The molecule has 0 aromatic heterocycles. The van der Waals surface area contributed by atoms with Crippen LogP contribution in [0.1, 0.15) is 58.1 Å². The number of hydrogen-bond acceptors (Lipinski definition) is 12. The number of likely N-dealkylation sites (N-methyl/N-ethyl adjacent to an activating group) is 1. The van der Waals surface area contributed by atoms with Crippen LogP contribution in [0, 0.1) is 11.8 Å². The number of anilines is 1. The van der Waals surface area contributed by atoms with Crippen LogP contribution in [-0.4, -0.2) is 91.8 Å². The number of nitrogens with zero attached hydrogens (tertiary/aromatic N) is 2. The average Bonchev–Trinajstić information content (AvgIpc) is 2.93. The predicted molar refractivity (Wildman–Crippen MR) is 166 cm³/mol. The van der Waals surface area contributed by atoms with Gasteiger partial charge >= 0.3 is 11.9 Å². The van der Waals surface area contributed by atoms with Gasteiger partial charge in [-0.25, -0.2) is 0 Å². The summed E-state index contributed by atoms with van der Waals surface area (Å²) >= 11 is 0. The van der Waals surface area contributed by atoms with Gasteiger partial charge in [-0.1, -0.05) is 13.3 Å². The Morgan fingerprint density at radius 2 is 1.70 bits per heavy atom. The van der Waals surface area contributed by atoms with Crippen LogP contribution < -0.4 is 15.0 Å². The number of hydrogen-bond donors (Lipinski definition) is 2. The normalized spacial score (nSPS) is 23.7. The van der Waals surface area contributed by atoms with Crippen LogP contribution in [0.15, 0.2) is 29.0 Å². The van der Waals surface area contributed by atoms with Gasteiger partial charge in [-0.05, 0) is 57.0 Å². The molecule has 1 aromatic rings. The zero-order valence-corrected chi connectivity index (χ0v) is 27.4. The maximum atomic E-state index is 14.8. The predicted octanol–water partition coefficient (Wildman–Crippen LogP) is 2.26. The number of rotatable bonds is 9. The van der Waals surface area contributed by atoms with Gasteiger partial charge in [0.25, 0.3) is 5.91 Å². The molecular formula is C33H41N3O10. The minimum Gasteiger partial charge on any atom is -0.507 e. The Kier molecular flexibility index (Phi) is 9.76. The number of aliphatic hydroxyl groups excluding tert-OH is 1. The fraction of sp³-hybridized carbons (Fsp3) is 0.515. The summed E-state index contributed by atoms with van der Waals surface area (Å²) in [5, 5.41) is 13.9. The highest BCUT2D eigenvalue weighted by Gasteiger charge is 2.68. The number of Topliss-reactive ketones (excluding diaryl/α,β-unsaturated/α-hetero) is 2. The number of amides is 2. The molecule has 3 aliphatic carbocycles. The fourth-order valence-corrected chi connectivity index (χ4v) is 6.90. The molecule has 13 heteroatoms. The van der Waals surface area contributed by atoms with Gasteiger partial charge in [0.05, 0.1) is 18.2 Å². The number of fused-ring (bicyclic) bond motifs is 3. The van der Waals surface area contributed by atoms with Crippen molar-refractivity contribution < 1.29 is 48.1 Å². The number of esters is 2. The molecule has 0 aliphatic heterocycles. The van der Waals surface area contributed by atoms with Crippen molar-refractivity contribution in [2.75, 3.05) is 39.7 Å². The number of nitrogens with one attached hydrogen (secondary N) is 1. The Morgan fingerprint density at radius 3 is 2.24 bits per heavy atom. The summed E-state index contributed by atoms with van der Waals surface area (Å²) in [5.74, 6) is -8.34. The van der Waals surface area contributed by atoms with E-state index in [1.165, 1.54) is 0 Å². The summed E-state index contributed by atoms with van der Waals surface area (Å²) in [6.45, 7) is 5.54. The monoisotopic (exact) mass is 639 g/mol. The Balaban J connectivity index is 2.05. The Morgan fingerprint density at radius 1 is 1.02 bits per heavy atom. The van der Waals surface area contributed by atoms with Crippen molar-refractivity contribution in [1.82, 2.24) is 10.2 Å². The quantitative estimate of drug-likeness (QED) is 0.175. The zero-order valence-electron chi connectivity index (χ0n) is 27.4. The Hall–Kier alpha value is -4.52. The summed E-state index contributed by atoms with van der Waals surface area (Å²) in [5.41, 5.74) is -1.72. The summed E-state index contributed by atoms with van der Waals surface area (Å²) in [7, 11) is 6.90. The van der Waals surface area contributed by atoms with E-state index in [1.807, 2.05) is 37.3 Å². The molecule has 1 aromatic carbocycles. The molecule has 4 atom stereocenters. The lowest BCUT2D eigenvalue weighted by Gasteiger charge is -2.52. The van der Waals surface area contributed by atoms with Gasteiger partial charge in [0.2, 0.25) is 23.1 Å². The summed E-state index contributed by atoms with van der Waals surface area (Å²) < 4.78 is 17.2. The molecule has 0 saturated heterocycles. The van der Waals surface area contributed by atoms with Gasteiger partial charge in [0, 0.05) is 52.0 Å². The fourth-order valence-electron chi connectivity index (χ4n) is 6.90. The summed E-state index contributed by atoms with van der Waals surface area (Å²) in [6, 6.07) is 2.48. The molecule has 13 nitrogen and oxygen atoms in total. The van der Waals surface area contributed by atoms with Gasteiger partial charge in [0.15, 0.2) is 0 Å². The standard InChI is InChI=1S/C33H41N3O10/c1-9-10-13-44-23-12-11-22(35(5)6)20-14-19-15-21-27(36(7)8)29(45-17(3)38)26(32(43)34-16(2)37)31(42)33(21,46-18(4)39)30(41)24(19)28(40)25(20)23/h11-12,19,21,27,40H,9-10,13-15H2,1-8H3,(H,34,37,43)/t19-,21-,27?,33-/m0/s1. The van der Waals surface area contributed by atoms with Crippen LogP contribution in [0.5, 0.6) is 5.75 Å². The van der Waals surface area contributed by atoms with E-state index in [-0.39, 0.29) is 24.2 Å². The number of aliphatic hydroxyl groups is 1. The van der Waals surface area contributed by atoms with Crippen molar-refractivity contribution in [3.05, 3.63) is 40.2 Å². The molecule has 0 radical (unpaired) electrons. The molecule has 1 saturated carbocycles. The first-order valence-electron chi connectivity index (χ1n) is 15.2. The molecule has 3 aliphatic rings. The molecule has 1 fully saturated rings. The third-order valence-electron chi connectivity index (χ3n) is 8.57. The number of benzene rings is 1. The minimum absolute atomic E-state index is 0.0204. The highest BCUT2D eigenvalue weighted by Crippen LogP contribution is 2.54. The maximum absolute atomic E-state index is 14.8. The van der Waals surface area contributed by atoms with Gasteiger partial charge in [0.1, 0.15) is 22.8 Å². The van der Waals surface area contributed by atoms with E-state index in [0.29, 0.717) is 17.9 Å². The largest absolute Gasteiger partial charge is 0.507 e. The van der Waals surface area contributed by atoms with Crippen molar-refractivity contribution in [3.63, 3.8) is 0 Å². The second kappa shape index (κ2) is 13.1. The molecule has 0 spiro atoms. The second-order valence-corrected chi connectivity index (χ2v) is 12.3. The molecule has 248 valence electrons. The van der Waals surface area contributed by atoms with Crippen LogP contribution in [0.2, 0.25) is 0 Å². The lowest BCUT2D eigenvalue weighted by atomic mass is 9.56. The lowest BCUT2D eigenvalue weighted by Crippen LogP contribution is -2.69. The van der Waals surface area contributed by atoms with Gasteiger partial charge in [-0.3, -0.25) is 39.0 Å². The topological polar surface area (TPSA) is 169 Å². The number of carbonyl (C=O) groups excluding carboxylic acids is 6. The minimum atomic E-state index is -2.62. The van der Waals surface area contributed by atoms with E-state index < -0.39 is 70.1 Å². The molecule has 0 heterocycles. The number of imide groups is 1. The lowest BCUT2D eigenvalue weighted by molar-refractivity contribution is -0.184. The summed E-state index contributed by atoms with van der Waals surface area (Å²) in [4.78, 5) is 83.2. The van der Waals surface area contributed by atoms with Crippen LogP contribution in [0.4, 0.5) is 5.69 Å². The zero-order chi connectivity index (χ0) is 34.2. The maximum Gasteiger partial charge on any atom is 0.307 e. The number of ether oxygens (including phenoxy) is 3. The van der Waals surface area contributed by atoms with Crippen LogP contribution >= 0.6 is 0 Å². The van der Waals surface area contributed by atoms with E-state index >= 15 is 0 Å². The number of carbonyl (C=O) groups is 6. The first-order chi connectivity index (χ1) is 21.6. The first-order valence-corrected chi connectivity index (χ1v) is 15.2. The van der Waals surface area contributed by atoms with Gasteiger partial charge < -0.3 is 24.2 Å². The molecule has 4 rings (SSSR count). The second-order valence-electron chi connectivity index (χ2n) is 12.3. The molecule has 2 N–H and O–H groups in total. The third kappa shape index (κ3) is 5.79. The van der Waals surface area contributed by atoms with E-state index in [4.69, 9.17) is 14.2 Å². The van der Waals surface area contributed by atoms with Crippen LogP contribution in [0.25, 0.3) is 5.76 Å².